The van der Waals surface area contributed by atoms with E-state index in [1.165, 1.54) is 0 Å². The second-order valence-corrected chi connectivity index (χ2v) is 3.95. The number of aromatic nitrogens is 1. The summed E-state index contributed by atoms with van der Waals surface area (Å²) in [5.74, 6) is -0.905. The van der Waals surface area contributed by atoms with Crippen molar-refractivity contribution in [2.75, 3.05) is 0 Å². The van der Waals surface area contributed by atoms with Gasteiger partial charge >= 0.3 is 5.97 Å². The quantitative estimate of drug-likeness (QED) is 0.907. The highest BCUT2D eigenvalue weighted by atomic mass is 35.5. The fourth-order valence-corrected chi connectivity index (χ4v) is 1.87. The lowest BCUT2D eigenvalue weighted by Crippen LogP contribution is -2.02. The van der Waals surface area contributed by atoms with Crippen molar-refractivity contribution in [1.82, 2.24) is 4.98 Å². The van der Waals surface area contributed by atoms with Crippen molar-refractivity contribution in [3.63, 3.8) is 0 Å². The molecule has 3 nitrogen and oxygen atoms in total. The van der Waals surface area contributed by atoms with Crippen LogP contribution >= 0.6 is 11.6 Å². The number of rotatable bonds is 3. The molecule has 0 spiro atoms. The van der Waals surface area contributed by atoms with Crippen LogP contribution in [0.4, 0.5) is 0 Å². The molecule has 0 aliphatic rings. The minimum atomic E-state index is -0.905. The van der Waals surface area contributed by atoms with Crippen molar-refractivity contribution in [2.24, 2.45) is 0 Å². The first-order chi connectivity index (χ1) is 8.18. The van der Waals surface area contributed by atoms with Gasteiger partial charge in [0.05, 0.1) is 17.1 Å². The lowest BCUT2D eigenvalue weighted by atomic mass is 10.1. The Kier molecular flexibility index (Phi) is 3.40. The van der Waals surface area contributed by atoms with Crippen molar-refractivity contribution in [2.45, 2.75) is 6.42 Å². The van der Waals surface area contributed by atoms with Gasteiger partial charge in [-0.05, 0) is 11.6 Å². The monoisotopic (exact) mass is 247 g/mol. The molecule has 4 heteroatoms. The largest absolute Gasteiger partial charge is 0.481 e. The summed E-state index contributed by atoms with van der Waals surface area (Å²) in [6, 6.07) is 11.1. The molecule has 0 bridgehead atoms. The molecule has 2 aromatic rings. The van der Waals surface area contributed by atoms with E-state index in [-0.39, 0.29) is 6.42 Å². The molecule has 0 aliphatic carbocycles. The third kappa shape index (κ3) is 2.63. The van der Waals surface area contributed by atoms with Crippen LogP contribution in [-0.2, 0) is 11.2 Å². The number of aliphatic carboxylic acids is 1. The molecule has 0 radical (unpaired) electrons. The van der Waals surface area contributed by atoms with Crippen LogP contribution in [0.1, 0.15) is 5.56 Å². The lowest BCUT2D eigenvalue weighted by Gasteiger charge is -2.07. The first-order valence-corrected chi connectivity index (χ1v) is 5.47. The fraction of sp³-hybridized carbons (Fsp3) is 0.0769. The Balaban J connectivity index is 2.46. The van der Waals surface area contributed by atoms with Gasteiger partial charge in [-0.2, -0.15) is 0 Å². The van der Waals surface area contributed by atoms with Gasteiger partial charge in [0.2, 0.25) is 0 Å². The zero-order chi connectivity index (χ0) is 12.3. The number of benzene rings is 1. The lowest BCUT2D eigenvalue weighted by molar-refractivity contribution is -0.136. The maximum Gasteiger partial charge on any atom is 0.307 e. The number of carboxylic acids is 1. The zero-order valence-corrected chi connectivity index (χ0v) is 9.69. The smallest absolute Gasteiger partial charge is 0.307 e. The van der Waals surface area contributed by atoms with Gasteiger partial charge in [-0.1, -0.05) is 41.9 Å². The molecule has 0 atom stereocenters. The third-order valence-corrected chi connectivity index (χ3v) is 2.78. The average molecular weight is 248 g/mol. The topological polar surface area (TPSA) is 50.2 Å². The van der Waals surface area contributed by atoms with Gasteiger partial charge < -0.3 is 5.11 Å². The Morgan fingerprint density at radius 1 is 1.24 bits per heavy atom. The number of halogens is 1. The summed E-state index contributed by atoms with van der Waals surface area (Å²) in [6.07, 6.45) is 1.48. The molecule has 0 saturated carbocycles. The van der Waals surface area contributed by atoms with Gasteiger partial charge in [0.25, 0.3) is 0 Å². The van der Waals surface area contributed by atoms with Gasteiger partial charge in [-0.3, -0.25) is 9.78 Å². The maximum atomic E-state index is 10.7. The molecule has 2 rings (SSSR count). The number of pyridine rings is 1. The van der Waals surface area contributed by atoms with Crippen LogP contribution in [-0.4, -0.2) is 16.1 Å². The molecule has 86 valence electrons. The molecule has 1 heterocycles. The molecule has 0 fully saturated rings. The fourth-order valence-electron chi connectivity index (χ4n) is 1.58. The Morgan fingerprint density at radius 2 is 1.94 bits per heavy atom. The van der Waals surface area contributed by atoms with Crippen LogP contribution in [0.15, 0.2) is 42.6 Å². The number of carboxylic acid groups (broad SMARTS) is 1. The number of carbonyl (C=O) groups is 1. The predicted molar refractivity (Wildman–Crippen MR) is 66.0 cm³/mol. The normalized spacial score (nSPS) is 10.2. The predicted octanol–water partition coefficient (Wildman–Crippen LogP) is 3.03. The van der Waals surface area contributed by atoms with E-state index in [9.17, 15) is 4.79 Å². The van der Waals surface area contributed by atoms with Crippen LogP contribution in [0.25, 0.3) is 11.3 Å². The second-order valence-electron chi connectivity index (χ2n) is 3.57. The van der Waals surface area contributed by atoms with Crippen molar-refractivity contribution >= 4 is 17.6 Å². The highest BCUT2D eigenvalue weighted by Crippen LogP contribution is 2.28. The van der Waals surface area contributed by atoms with Crippen LogP contribution < -0.4 is 0 Å². The van der Waals surface area contributed by atoms with E-state index < -0.39 is 5.97 Å². The first-order valence-electron chi connectivity index (χ1n) is 5.09. The van der Waals surface area contributed by atoms with Crippen molar-refractivity contribution in [3.05, 3.63) is 53.2 Å². The summed E-state index contributed by atoms with van der Waals surface area (Å²) in [4.78, 5) is 14.9. The minimum Gasteiger partial charge on any atom is -0.481 e. The molecule has 0 saturated heterocycles. The Morgan fingerprint density at radius 3 is 2.59 bits per heavy atom. The van der Waals surface area contributed by atoms with Gasteiger partial charge in [-0.25, -0.2) is 0 Å². The van der Waals surface area contributed by atoms with Crippen molar-refractivity contribution in [1.29, 1.82) is 0 Å². The number of nitrogens with zero attached hydrogens (tertiary/aromatic N) is 1. The second kappa shape index (κ2) is 4.97. The molecule has 1 N–H and O–H groups in total. The molecule has 0 unspecified atom stereocenters. The van der Waals surface area contributed by atoms with E-state index in [1.54, 1.807) is 12.3 Å². The van der Waals surface area contributed by atoms with Gasteiger partial charge in [0, 0.05) is 11.8 Å². The van der Waals surface area contributed by atoms with Gasteiger partial charge in [-0.15, -0.1) is 0 Å². The maximum absolute atomic E-state index is 10.7. The average Bonchev–Trinajstić information content (AvgIpc) is 2.32. The Bertz CT molecular complexity index is 540. The molecular weight excluding hydrogens is 238 g/mol. The minimum absolute atomic E-state index is 0.0960. The van der Waals surface area contributed by atoms with E-state index in [2.05, 4.69) is 4.98 Å². The highest BCUT2D eigenvalue weighted by Gasteiger charge is 2.11. The Labute approximate surface area is 104 Å². The van der Waals surface area contributed by atoms with Crippen molar-refractivity contribution < 1.29 is 9.90 Å². The van der Waals surface area contributed by atoms with Crippen LogP contribution in [0.5, 0.6) is 0 Å². The Hall–Kier alpha value is -1.87. The van der Waals surface area contributed by atoms with E-state index in [0.29, 0.717) is 16.3 Å². The summed E-state index contributed by atoms with van der Waals surface area (Å²) in [5, 5.41) is 9.18. The van der Waals surface area contributed by atoms with Crippen LogP contribution in [0, 0.1) is 0 Å². The molecule has 0 aliphatic heterocycles. The summed E-state index contributed by atoms with van der Waals surface area (Å²) < 4.78 is 0. The first kappa shape index (κ1) is 11.6. The standard InChI is InChI=1S/C13H10ClNO2/c14-12-10(8-11(16)17)6-7-15-13(12)9-4-2-1-3-5-9/h1-7H,8H2,(H,16,17). The zero-order valence-electron chi connectivity index (χ0n) is 8.93. The van der Waals surface area contributed by atoms with Crippen LogP contribution in [0.3, 0.4) is 0 Å². The summed E-state index contributed by atoms with van der Waals surface area (Å²) in [7, 11) is 0. The van der Waals surface area contributed by atoms with Crippen LogP contribution in [0.2, 0.25) is 5.02 Å². The number of hydrogen-bond acceptors (Lipinski definition) is 2. The molecular formula is C13H10ClNO2. The van der Waals surface area contributed by atoms with Gasteiger partial charge in [0.1, 0.15) is 0 Å². The molecule has 0 amide bonds. The molecule has 17 heavy (non-hydrogen) atoms. The van der Waals surface area contributed by atoms with Gasteiger partial charge in [0.15, 0.2) is 0 Å². The van der Waals surface area contributed by atoms with E-state index in [4.69, 9.17) is 16.7 Å². The van der Waals surface area contributed by atoms with Crippen molar-refractivity contribution in [3.8, 4) is 11.3 Å². The third-order valence-electron chi connectivity index (χ3n) is 2.36. The van der Waals surface area contributed by atoms with E-state index in [1.807, 2.05) is 30.3 Å². The summed E-state index contributed by atoms with van der Waals surface area (Å²) in [6.45, 7) is 0. The van der Waals surface area contributed by atoms with E-state index >= 15 is 0 Å². The SMILES string of the molecule is O=C(O)Cc1ccnc(-c2ccccc2)c1Cl. The number of hydrogen-bond donors (Lipinski definition) is 1. The molecule has 1 aromatic carbocycles. The molecule has 1 aromatic heterocycles. The summed E-state index contributed by atoms with van der Waals surface area (Å²) in [5.41, 5.74) is 2.07. The highest BCUT2D eigenvalue weighted by molar-refractivity contribution is 6.34. The summed E-state index contributed by atoms with van der Waals surface area (Å²) >= 11 is 6.16. The van der Waals surface area contributed by atoms with E-state index in [0.717, 1.165) is 5.56 Å².